The van der Waals surface area contributed by atoms with Crippen molar-refractivity contribution >= 4 is 5.91 Å². The summed E-state index contributed by atoms with van der Waals surface area (Å²) in [6.45, 7) is 0.704. The van der Waals surface area contributed by atoms with Gasteiger partial charge < -0.3 is 23.7 Å². The van der Waals surface area contributed by atoms with Crippen LogP contribution < -0.4 is 14.8 Å². The zero-order valence-electron chi connectivity index (χ0n) is 17.3. The highest BCUT2D eigenvalue weighted by Crippen LogP contribution is 2.33. The number of hydrogen-bond acceptors (Lipinski definition) is 6. The zero-order chi connectivity index (χ0) is 21.8. The van der Waals surface area contributed by atoms with Gasteiger partial charge in [-0.05, 0) is 41.8 Å². The van der Waals surface area contributed by atoms with Crippen LogP contribution in [0.3, 0.4) is 0 Å². The Morgan fingerprint density at radius 2 is 1.88 bits per heavy atom. The van der Waals surface area contributed by atoms with Crippen molar-refractivity contribution in [3.63, 3.8) is 0 Å². The molecule has 2 aromatic carbocycles. The van der Waals surface area contributed by atoms with Crippen molar-refractivity contribution in [3.05, 3.63) is 101 Å². The minimum atomic E-state index is -0.291. The predicted molar refractivity (Wildman–Crippen MR) is 116 cm³/mol. The summed E-state index contributed by atoms with van der Waals surface area (Å²) in [5.41, 5.74) is 2.81. The number of carbonyl (C=O) groups is 1. The first-order valence-corrected chi connectivity index (χ1v) is 10.5. The molecule has 1 aliphatic rings. The molecule has 7 heteroatoms. The Morgan fingerprint density at radius 1 is 1.00 bits per heavy atom. The zero-order valence-corrected chi connectivity index (χ0v) is 17.3. The molecule has 1 atom stereocenters. The fraction of sp³-hybridized carbons (Fsp3) is 0.200. The highest BCUT2D eigenvalue weighted by molar-refractivity contribution is 5.91. The number of furan rings is 1. The molecular formula is C25H22N2O5. The van der Waals surface area contributed by atoms with Gasteiger partial charge in [-0.3, -0.25) is 4.79 Å². The lowest BCUT2D eigenvalue weighted by Crippen LogP contribution is -2.25. The molecule has 162 valence electrons. The van der Waals surface area contributed by atoms with E-state index in [4.69, 9.17) is 18.4 Å². The third-order valence-electron chi connectivity index (χ3n) is 5.41. The Balaban J connectivity index is 1.19. The van der Waals surface area contributed by atoms with E-state index in [1.54, 1.807) is 12.3 Å². The number of benzene rings is 2. The first-order chi connectivity index (χ1) is 15.8. The summed E-state index contributed by atoms with van der Waals surface area (Å²) < 4.78 is 21.6. The smallest absolute Gasteiger partial charge is 0.289 e. The highest BCUT2D eigenvalue weighted by atomic mass is 16.7. The maximum Gasteiger partial charge on any atom is 0.289 e. The van der Waals surface area contributed by atoms with E-state index in [2.05, 4.69) is 22.6 Å². The molecule has 4 aromatic rings. The van der Waals surface area contributed by atoms with Gasteiger partial charge in [-0.25, -0.2) is 0 Å². The van der Waals surface area contributed by atoms with Crippen LogP contribution in [-0.4, -0.2) is 24.4 Å². The van der Waals surface area contributed by atoms with Crippen LogP contribution in [-0.2, 0) is 6.42 Å². The van der Waals surface area contributed by atoms with E-state index in [9.17, 15) is 4.79 Å². The number of amides is 1. The Morgan fingerprint density at radius 3 is 2.72 bits per heavy atom. The van der Waals surface area contributed by atoms with Gasteiger partial charge in [0.1, 0.15) is 5.76 Å². The normalized spacial score (nSPS) is 13.1. The standard InChI is InChI=1S/C25H22N2O5/c28-25(26-11-10-20(21-7-4-12-29-21)18-5-2-1-3-6-18)24-15-19(27-32-24)13-17-8-9-22-23(14-17)31-16-30-22/h1-9,12,14-15,20H,10-11,13,16H2,(H,26,28). The van der Waals surface area contributed by atoms with Crippen molar-refractivity contribution in [1.82, 2.24) is 10.5 Å². The number of aromatic nitrogens is 1. The van der Waals surface area contributed by atoms with Crippen molar-refractivity contribution in [2.24, 2.45) is 0 Å². The molecule has 1 N–H and O–H groups in total. The molecule has 3 heterocycles. The lowest BCUT2D eigenvalue weighted by Gasteiger charge is -2.15. The number of ether oxygens (including phenoxy) is 2. The second-order valence-electron chi connectivity index (χ2n) is 7.57. The number of fused-ring (bicyclic) bond motifs is 1. The SMILES string of the molecule is O=C(NCCC(c1ccccc1)c1ccco1)c1cc(Cc2ccc3c(c2)OCO3)no1. The van der Waals surface area contributed by atoms with E-state index < -0.39 is 0 Å². The van der Waals surface area contributed by atoms with Gasteiger partial charge in [-0.1, -0.05) is 41.6 Å². The fourth-order valence-corrected chi connectivity index (χ4v) is 3.83. The molecule has 1 aliphatic heterocycles. The van der Waals surface area contributed by atoms with E-state index >= 15 is 0 Å². The minimum Gasteiger partial charge on any atom is -0.469 e. The Bertz CT molecular complexity index is 1180. The van der Waals surface area contributed by atoms with Crippen LogP contribution in [0.4, 0.5) is 0 Å². The van der Waals surface area contributed by atoms with Crippen molar-refractivity contribution < 1.29 is 23.2 Å². The summed E-state index contributed by atoms with van der Waals surface area (Å²) in [7, 11) is 0. The van der Waals surface area contributed by atoms with Crippen LogP contribution in [0.25, 0.3) is 0 Å². The van der Waals surface area contributed by atoms with Crippen LogP contribution >= 0.6 is 0 Å². The van der Waals surface area contributed by atoms with Gasteiger partial charge in [0.05, 0.1) is 12.0 Å². The summed E-state index contributed by atoms with van der Waals surface area (Å²) in [4.78, 5) is 12.6. The van der Waals surface area contributed by atoms with Crippen molar-refractivity contribution in [2.75, 3.05) is 13.3 Å². The highest BCUT2D eigenvalue weighted by Gasteiger charge is 2.19. The third-order valence-corrected chi connectivity index (χ3v) is 5.41. The molecule has 0 fully saturated rings. The average Bonchev–Trinajstić information content (AvgIpc) is 3.59. The van der Waals surface area contributed by atoms with Crippen LogP contribution in [0.15, 0.2) is 81.9 Å². The van der Waals surface area contributed by atoms with E-state index in [0.717, 1.165) is 22.6 Å². The van der Waals surface area contributed by atoms with Crippen molar-refractivity contribution in [2.45, 2.75) is 18.8 Å². The van der Waals surface area contributed by atoms with Crippen LogP contribution in [0, 0.1) is 0 Å². The average molecular weight is 430 g/mol. The van der Waals surface area contributed by atoms with Gasteiger partial charge in [0.15, 0.2) is 11.5 Å². The summed E-state index contributed by atoms with van der Waals surface area (Å²) in [5.74, 6) is 2.28. The first-order valence-electron chi connectivity index (χ1n) is 10.5. The van der Waals surface area contributed by atoms with Gasteiger partial charge in [0.25, 0.3) is 5.91 Å². The lowest BCUT2D eigenvalue weighted by atomic mass is 9.93. The fourth-order valence-electron chi connectivity index (χ4n) is 3.83. The summed E-state index contributed by atoms with van der Waals surface area (Å²) in [6, 6.07) is 21.3. The summed E-state index contributed by atoms with van der Waals surface area (Å²) in [5, 5.41) is 6.96. The van der Waals surface area contributed by atoms with Gasteiger partial charge in [-0.2, -0.15) is 0 Å². The molecule has 5 rings (SSSR count). The topological polar surface area (TPSA) is 86.7 Å². The lowest BCUT2D eigenvalue weighted by molar-refractivity contribution is 0.0915. The number of nitrogens with zero attached hydrogens (tertiary/aromatic N) is 1. The number of nitrogens with one attached hydrogen (secondary N) is 1. The molecule has 0 saturated heterocycles. The second-order valence-corrected chi connectivity index (χ2v) is 7.57. The Labute approximate surface area is 184 Å². The number of rotatable bonds is 8. The molecule has 1 amide bonds. The maximum atomic E-state index is 12.6. The number of hydrogen-bond donors (Lipinski definition) is 1. The van der Waals surface area contributed by atoms with Crippen molar-refractivity contribution in [1.29, 1.82) is 0 Å². The van der Waals surface area contributed by atoms with Crippen LogP contribution in [0.5, 0.6) is 11.5 Å². The molecule has 2 aromatic heterocycles. The Kier molecular flexibility index (Phi) is 5.61. The van der Waals surface area contributed by atoms with Gasteiger partial charge in [-0.15, -0.1) is 0 Å². The van der Waals surface area contributed by atoms with Crippen LogP contribution in [0.1, 0.15) is 45.5 Å². The largest absolute Gasteiger partial charge is 0.469 e. The van der Waals surface area contributed by atoms with Gasteiger partial charge in [0.2, 0.25) is 12.6 Å². The van der Waals surface area contributed by atoms with E-state index in [1.165, 1.54) is 0 Å². The molecule has 1 unspecified atom stereocenters. The third kappa shape index (κ3) is 4.37. The molecule has 0 spiro atoms. The van der Waals surface area contributed by atoms with Crippen LogP contribution in [0.2, 0.25) is 0 Å². The first kappa shape index (κ1) is 19.9. The summed E-state index contributed by atoms with van der Waals surface area (Å²) >= 11 is 0. The monoisotopic (exact) mass is 430 g/mol. The quantitative estimate of drug-likeness (QED) is 0.442. The van der Waals surface area contributed by atoms with Crippen molar-refractivity contribution in [3.8, 4) is 11.5 Å². The van der Waals surface area contributed by atoms with E-state index in [1.807, 2.05) is 48.5 Å². The molecule has 0 saturated carbocycles. The molecule has 0 bridgehead atoms. The van der Waals surface area contributed by atoms with E-state index in [-0.39, 0.29) is 24.4 Å². The van der Waals surface area contributed by atoms with Gasteiger partial charge >= 0.3 is 0 Å². The molecular weight excluding hydrogens is 408 g/mol. The Hall–Kier alpha value is -4.00. The minimum absolute atomic E-state index is 0.0581. The molecule has 7 nitrogen and oxygen atoms in total. The number of carbonyl (C=O) groups excluding carboxylic acids is 1. The predicted octanol–water partition coefficient (Wildman–Crippen LogP) is 4.54. The maximum absolute atomic E-state index is 12.6. The van der Waals surface area contributed by atoms with E-state index in [0.29, 0.717) is 30.8 Å². The summed E-state index contributed by atoms with van der Waals surface area (Å²) in [6.07, 6.45) is 2.89. The molecule has 0 radical (unpaired) electrons. The molecule has 32 heavy (non-hydrogen) atoms. The molecule has 0 aliphatic carbocycles. The van der Waals surface area contributed by atoms with Gasteiger partial charge in [0, 0.05) is 24.9 Å². The second kappa shape index (κ2) is 9.01.